The van der Waals surface area contributed by atoms with Crippen LogP contribution in [0, 0.1) is 6.92 Å². The Morgan fingerprint density at radius 1 is 0.903 bits per heavy atom. The van der Waals surface area contributed by atoms with Crippen molar-refractivity contribution in [3.8, 4) is 0 Å². The number of nitrogens with one attached hydrogen (secondary N) is 1. The number of aryl methyl sites for hydroxylation is 1. The van der Waals surface area contributed by atoms with Crippen LogP contribution in [0.1, 0.15) is 44.6 Å². The summed E-state index contributed by atoms with van der Waals surface area (Å²) < 4.78 is 79.2. The van der Waals surface area contributed by atoms with Crippen molar-refractivity contribution in [1.82, 2.24) is 20.3 Å². The van der Waals surface area contributed by atoms with Crippen molar-refractivity contribution in [2.45, 2.75) is 25.3 Å². The standard InChI is InChI=1S/C20H14F6N4O/c1-11-28-9-13(10-29-11)18(31)30-16(12-4-6-14(7-5-12)19(21,22)23)17-15(20(24,25)26)3-2-8-27-17/h2-10,16H,1H3,(H,30,31)/t16-/m0/s1. The molecule has 0 saturated carbocycles. The van der Waals surface area contributed by atoms with Crippen molar-refractivity contribution < 1.29 is 31.1 Å². The Labute approximate surface area is 172 Å². The lowest BCUT2D eigenvalue weighted by Crippen LogP contribution is -2.32. The van der Waals surface area contributed by atoms with Crippen molar-refractivity contribution in [3.63, 3.8) is 0 Å². The number of pyridine rings is 1. The molecule has 0 fully saturated rings. The van der Waals surface area contributed by atoms with Crippen LogP contribution in [0.2, 0.25) is 0 Å². The summed E-state index contributed by atoms with van der Waals surface area (Å²) in [6.07, 6.45) is -5.96. The van der Waals surface area contributed by atoms with Crippen molar-refractivity contribution in [1.29, 1.82) is 0 Å². The van der Waals surface area contributed by atoms with Crippen LogP contribution in [0.5, 0.6) is 0 Å². The van der Waals surface area contributed by atoms with Gasteiger partial charge < -0.3 is 5.32 Å². The highest BCUT2D eigenvalue weighted by Crippen LogP contribution is 2.36. The lowest BCUT2D eigenvalue weighted by atomic mass is 9.97. The number of nitrogens with zero attached hydrogens (tertiary/aromatic N) is 3. The first kappa shape index (κ1) is 22.2. The molecule has 0 aliphatic heterocycles. The highest BCUT2D eigenvalue weighted by atomic mass is 19.4. The van der Waals surface area contributed by atoms with Gasteiger partial charge >= 0.3 is 12.4 Å². The van der Waals surface area contributed by atoms with Gasteiger partial charge in [0.1, 0.15) is 5.82 Å². The fourth-order valence-electron chi connectivity index (χ4n) is 2.79. The summed E-state index contributed by atoms with van der Waals surface area (Å²) in [7, 11) is 0. The maximum atomic E-state index is 13.5. The van der Waals surface area contributed by atoms with Gasteiger partial charge in [0.15, 0.2) is 0 Å². The van der Waals surface area contributed by atoms with E-state index in [0.29, 0.717) is 5.82 Å². The number of halogens is 6. The average molecular weight is 440 g/mol. The maximum Gasteiger partial charge on any atom is 0.418 e. The van der Waals surface area contributed by atoms with E-state index in [4.69, 9.17) is 0 Å². The van der Waals surface area contributed by atoms with E-state index >= 15 is 0 Å². The van der Waals surface area contributed by atoms with E-state index < -0.39 is 41.1 Å². The summed E-state index contributed by atoms with van der Waals surface area (Å²) in [5, 5.41) is 2.39. The molecule has 0 bridgehead atoms. The van der Waals surface area contributed by atoms with E-state index in [9.17, 15) is 31.1 Å². The fourth-order valence-corrected chi connectivity index (χ4v) is 2.79. The van der Waals surface area contributed by atoms with Gasteiger partial charge in [-0.3, -0.25) is 9.78 Å². The monoisotopic (exact) mass is 440 g/mol. The highest BCUT2D eigenvalue weighted by molar-refractivity contribution is 5.94. The summed E-state index contributed by atoms with van der Waals surface area (Å²) in [6, 6.07) is 3.81. The molecule has 1 aromatic carbocycles. The minimum absolute atomic E-state index is 0.0152. The minimum Gasteiger partial charge on any atom is -0.339 e. The Morgan fingerprint density at radius 3 is 2.06 bits per heavy atom. The molecule has 3 aromatic rings. The second-order valence-electron chi connectivity index (χ2n) is 6.48. The molecular formula is C20H14F6N4O. The minimum atomic E-state index is -4.80. The molecule has 1 N–H and O–H groups in total. The zero-order valence-corrected chi connectivity index (χ0v) is 15.8. The van der Waals surface area contributed by atoms with Crippen LogP contribution in [0.3, 0.4) is 0 Å². The summed E-state index contributed by atoms with van der Waals surface area (Å²) in [5.74, 6) is -0.441. The third-order valence-corrected chi connectivity index (χ3v) is 4.31. The Hall–Kier alpha value is -3.50. The van der Waals surface area contributed by atoms with Gasteiger partial charge in [-0.05, 0) is 36.8 Å². The van der Waals surface area contributed by atoms with Crippen LogP contribution >= 0.6 is 0 Å². The lowest BCUT2D eigenvalue weighted by Gasteiger charge is -2.22. The van der Waals surface area contributed by atoms with E-state index in [1.54, 1.807) is 6.92 Å². The van der Waals surface area contributed by atoms with Gasteiger partial charge in [0.05, 0.1) is 28.4 Å². The molecule has 0 saturated heterocycles. The molecule has 0 aliphatic rings. The number of carbonyl (C=O) groups is 1. The van der Waals surface area contributed by atoms with Gasteiger partial charge in [-0.25, -0.2) is 9.97 Å². The van der Waals surface area contributed by atoms with Crippen molar-refractivity contribution in [2.24, 2.45) is 0 Å². The number of benzene rings is 1. The van der Waals surface area contributed by atoms with Crippen molar-refractivity contribution in [3.05, 3.63) is 88.8 Å². The summed E-state index contributed by atoms with van der Waals surface area (Å²) >= 11 is 0. The number of carbonyl (C=O) groups excluding carboxylic acids is 1. The largest absolute Gasteiger partial charge is 0.418 e. The molecule has 3 rings (SSSR count). The second-order valence-corrected chi connectivity index (χ2v) is 6.48. The summed E-state index contributed by atoms with van der Waals surface area (Å²) in [5.41, 5.74) is -2.72. The molecule has 1 atom stereocenters. The van der Waals surface area contributed by atoms with Crippen LogP contribution in [0.15, 0.2) is 55.0 Å². The van der Waals surface area contributed by atoms with Crippen molar-refractivity contribution >= 4 is 5.91 Å². The predicted octanol–water partition coefficient (Wildman–Crippen LogP) is 4.74. The normalized spacial score (nSPS) is 13.0. The quantitative estimate of drug-likeness (QED) is 0.596. The maximum absolute atomic E-state index is 13.5. The molecule has 0 aliphatic carbocycles. The number of aromatic nitrogens is 3. The molecule has 2 heterocycles. The Balaban J connectivity index is 2.07. The molecule has 162 valence electrons. The molecule has 1 amide bonds. The Morgan fingerprint density at radius 2 is 1.52 bits per heavy atom. The predicted molar refractivity (Wildman–Crippen MR) is 96.8 cm³/mol. The highest BCUT2D eigenvalue weighted by Gasteiger charge is 2.37. The zero-order chi connectivity index (χ0) is 22.8. The molecule has 2 aromatic heterocycles. The number of hydrogen-bond donors (Lipinski definition) is 1. The number of alkyl halides is 6. The topological polar surface area (TPSA) is 67.8 Å². The zero-order valence-electron chi connectivity index (χ0n) is 15.8. The van der Waals surface area contributed by atoms with E-state index in [0.717, 1.165) is 42.6 Å². The van der Waals surface area contributed by atoms with Crippen LogP contribution in [-0.4, -0.2) is 20.9 Å². The Bertz CT molecular complexity index is 1060. The number of amides is 1. The SMILES string of the molecule is Cc1ncc(C(=O)N[C@@H](c2ccc(C(F)(F)F)cc2)c2ncccc2C(F)(F)F)cn1. The first-order chi connectivity index (χ1) is 14.5. The van der Waals surface area contributed by atoms with Crippen molar-refractivity contribution in [2.75, 3.05) is 0 Å². The van der Waals surface area contributed by atoms with Gasteiger partial charge in [-0.15, -0.1) is 0 Å². The molecule has 11 heteroatoms. The molecule has 0 radical (unpaired) electrons. The summed E-state index contributed by atoms with van der Waals surface area (Å²) in [4.78, 5) is 24.1. The smallest absolute Gasteiger partial charge is 0.339 e. The summed E-state index contributed by atoms with van der Waals surface area (Å²) in [6.45, 7) is 1.58. The fraction of sp³-hybridized carbons (Fsp3) is 0.200. The lowest BCUT2D eigenvalue weighted by molar-refractivity contribution is -0.139. The van der Waals surface area contributed by atoms with E-state index in [1.165, 1.54) is 12.4 Å². The first-order valence-electron chi connectivity index (χ1n) is 8.75. The van der Waals surface area contributed by atoms with Crippen LogP contribution < -0.4 is 5.32 Å². The second kappa shape index (κ2) is 8.32. The molecule has 0 unspecified atom stereocenters. The third-order valence-electron chi connectivity index (χ3n) is 4.31. The van der Waals surface area contributed by atoms with E-state index in [2.05, 4.69) is 20.3 Å². The molecule has 31 heavy (non-hydrogen) atoms. The van der Waals surface area contributed by atoms with Gasteiger partial charge in [-0.1, -0.05) is 12.1 Å². The van der Waals surface area contributed by atoms with E-state index in [-0.39, 0.29) is 11.1 Å². The third kappa shape index (κ3) is 5.16. The van der Waals surface area contributed by atoms with Gasteiger partial charge in [0, 0.05) is 18.6 Å². The van der Waals surface area contributed by atoms with Crippen LogP contribution in [0.4, 0.5) is 26.3 Å². The van der Waals surface area contributed by atoms with Gasteiger partial charge in [-0.2, -0.15) is 26.3 Å². The number of rotatable bonds is 4. The molecule has 0 spiro atoms. The van der Waals surface area contributed by atoms with E-state index in [1.807, 2.05) is 0 Å². The Kier molecular flexibility index (Phi) is 5.96. The van der Waals surface area contributed by atoms with Gasteiger partial charge in [0.25, 0.3) is 5.91 Å². The van der Waals surface area contributed by atoms with Crippen LogP contribution in [-0.2, 0) is 12.4 Å². The molecule has 5 nitrogen and oxygen atoms in total. The average Bonchev–Trinajstić information content (AvgIpc) is 2.71. The first-order valence-corrected chi connectivity index (χ1v) is 8.75. The van der Waals surface area contributed by atoms with Crippen LogP contribution in [0.25, 0.3) is 0 Å². The number of hydrogen-bond acceptors (Lipinski definition) is 4. The molecular weight excluding hydrogens is 426 g/mol. The van der Waals surface area contributed by atoms with Gasteiger partial charge in [0.2, 0.25) is 0 Å².